The summed E-state index contributed by atoms with van der Waals surface area (Å²) >= 11 is 6.05. The van der Waals surface area contributed by atoms with E-state index in [1.807, 2.05) is 0 Å². The highest BCUT2D eigenvalue weighted by Crippen LogP contribution is 2.35. The number of carbonyl (C=O) groups is 2. The van der Waals surface area contributed by atoms with Crippen LogP contribution >= 0.6 is 11.6 Å². The highest BCUT2D eigenvalue weighted by molar-refractivity contribution is 6.31. The summed E-state index contributed by atoms with van der Waals surface area (Å²) in [6.07, 6.45) is 4.66. The van der Waals surface area contributed by atoms with Gasteiger partial charge in [-0.25, -0.2) is 0 Å². The van der Waals surface area contributed by atoms with Crippen LogP contribution in [0.4, 0.5) is 5.69 Å². The van der Waals surface area contributed by atoms with E-state index < -0.39 is 11.5 Å². The molecule has 3 rings (SSSR count). The lowest BCUT2D eigenvalue weighted by Crippen LogP contribution is -2.46. The van der Waals surface area contributed by atoms with Crippen molar-refractivity contribution in [2.75, 3.05) is 25.1 Å². The van der Waals surface area contributed by atoms with Gasteiger partial charge < -0.3 is 20.1 Å². The number of nitrogens with zero attached hydrogens (tertiary/aromatic N) is 1. The predicted molar refractivity (Wildman–Crippen MR) is 99.5 cm³/mol. The van der Waals surface area contributed by atoms with Crippen molar-refractivity contribution in [1.29, 1.82) is 0 Å². The van der Waals surface area contributed by atoms with E-state index >= 15 is 0 Å². The molecule has 142 valence electrons. The van der Waals surface area contributed by atoms with Crippen LogP contribution in [0.25, 0.3) is 0 Å². The van der Waals surface area contributed by atoms with E-state index in [2.05, 4.69) is 5.32 Å². The zero-order valence-corrected chi connectivity index (χ0v) is 15.7. The van der Waals surface area contributed by atoms with Crippen molar-refractivity contribution in [3.8, 4) is 5.75 Å². The van der Waals surface area contributed by atoms with Crippen LogP contribution in [0.5, 0.6) is 5.75 Å². The van der Waals surface area contributed by atoms with E-state index in [4.69, 9.17) is 16.3 Å². The monoisotopic (exact) mass is 380 g/mol. The molecule has 0 bridgehead atoms. The van der Waals surface area contributed by atoms with Crippen LogP contribution in [0.15, 0.2) is 18.2 Å². The number of anilines is 1. The summed E-state index contributed by atoms with van der Waals surface area (Å²) in [5, 5.41) is 13.9. The SMILES string of the molecule is COc1ccc(Cl)cc1N1C[C@@H](C(=O)NCC2(O)CCCCC2)CC1=O. The first kappa shape index (κ1) is 19.0. The van der Waals surface area contributed by atoms with Gasteiger partial charge in [-0.15, -0.1) is 0 Å². The molecular weight excluding hydrogens is 356 g/mol. The van der Waals surface area contributed by atoms with Crippen molar-refractivity contribution in [2.24, 2.45) is 5.92 Å². The van der Waals surface area contributed by atoms with Gasteiger partial charge in [0.1, 0.15) is 5.75 Å². The Morgan fingerprint density at radius 1 is 1.38 bits per heavy atom. The molecule has 2 fully saturated rings. The zero-order valence-electron chi connectivity index (χ0n) is 15.0. The maximum absolute atomic E-state index is 12.5. The maximum Gasteiger partial charge on any atom is 0.227 e. The number of ether oxygens (including phenoxy) is 1. The molecule has 0 aromatic heterocycles. The second-order valence-electron chi connectivity index (χ2n) is 7.22. The Labute approximate surface area is 158 Å². The third kappa shape index (κ3) is 4.13. The summed E-state index contributed by atoms with van der Waals surface area (Å²) < 4.78 is 5.31. The molecule has 1 aliphatic heterocycles. The highest BCUT2D eigenvalue weighted by Gasteiger charge is 2.37. The second kappa shape index (κ2) is 7.84. The van der Waals surface area contributed by atoms with E-state index in [1.165, 1.54) is 7.11 Å². The van der Waals surface area contributed by atoms with Gasteiger partial charge in [0.2, 0.25) is 11.8 Å². The number of halogens is 1. The molecular formula is C19H25ClN2O4. The topological polar surface area (TPSA) is 78.9 Å². The van der Waals surface area contributed by atoms with Crippen molar-refractivity contribution in [2.45, 2.75) is 44.1 Å². The number of aliphatic hydroxyl groups is 1. The summed E-state index contributed by atoms with van der Waals surface area (Å²) in [5.74, 6) is -0.235. The quantitative estimate of drug-likeness (QED) is 0.822. The zero-order chi connectivity index (χ0) is 18.7. The molecule has 0 spiro atoms. The molecule has 0 radical (unpaired) electrons. The summed E-state index contributed by atoms with van der Waals surface area (Å²) in [4.78, 5) is 26.5. The molecule has 1 aromatic carbocycles. The van der Waals surface area contributed by atoms with E-state index in [-0.39, 0.29) is 31.3 Å². The molecule has 2 amide bonds. The molecule has 1 saturated carbocycles. The summed E-state index contributed by atoms with van der Waals surface area (Å²) in [5.41, 5.74) is -0.238. The first-order valence-electron chi connectivity index (χ1n) is 9.06. The van der Waals surface area contributed by atoms with Crippen LogP contribution < -0.4 is 15.0 Å². The molecule has 1 atom stereocenters. The number of hydrogen-bond acceptors (Lipinski definition) is 4. The lowest BCUT2D eigenvalue weighted by Gasteiger charge is -2.32. The normalized spacial score (nSPS) is 22.3. The number of benzene rings is 1. The molecule has 0 unspecified atom stereocenters. The number of hydrogen-bond donors (Lipinski definition) is 2. The largest absolute Gasteiger partial charge is 0.495 e. The van der Waals surface area contributed by atoms with Crippen molar-refractivity contribution in [3.63, 3.8) is 0 Å². The van der Waals surface area contributed by atoms with Crippen LogP contribution in [-0.2, 0) is 9.59 Å². The van der Waals surface area contributed by atoms with Crippen LogP contribution in [0.2, 0.25) is 5.02 Å². The van der Waals surface area contributed by atoms with Crippen molar-refractivity contribution >= 4 is 29.1 Å². The summed E-state index contributed by atoms with van der Waals surface area (Å²) in [6.45, 7) is 0.525. The van der Waals surface area contributed by atoms with E-state index in [0.29, 0.717) is 29.3 Å². The molecule has 7 heteroatoms. The Bertz CT molecular complexity index is 688. The third-order valence-corrected chi connectivity index (χ3v) is 5.54. The molecule has 6 nitrogen and oxygen atoms in total. The van der Waals surface area contributed by atoms with Gasteiger partial charge in [0.25, 0.3) is 0 Å². The van der Waals surface area contributed by atoms with Gasteiger partial charge in [-0.3, -0.25) is 9.59 Å². The maximum atomic E-state index is 12.5. The van der Waals surface area contributed by atoms with E-state index in [1.54, 1.807) is 23.1 Å². The predicted octanol–water partition coefficient (Wildman–Crippen LogP) is 2.51. The first-order valence-corrected chi connectivity index (χ1v) is 9.44. The minimum absolute atomic E-state index is 0.137. The highest BCUT2D eigenvalue weighted by atomic mass is 35.5. The Morgan fingerprint density at radius 2 is 2.12 bits per heavy atom. The Morgan fingerprint density at radius 3 is 2.81 bits per heavy atom. The van der Waals surface area contributed by atoms with Gasteiger partial charge >= 0.3 is 0 Å². The smallest absolute Gasteiger partial charge is 0.227 e. The first-order chi connectivity index (χ1) is 12.4. The fourth-order valence-corrected chi connectivity index (χ4v) is 3.94. The van der Waals surface area contributed by atoms with Gasteiger partial charge in [-0.05, 0) is 31.0 Å². The van der Waals surface area contributed by atoms with Crippen LogP contribution in [-0.4, -0.2) is 42.7 Å². The average Bonchev–Trinajstić information content (AvgIpc) is 3.02. The van der Waals surface area contributed by atoms with E-state index in [9.17, 15) is 14.7 Å². The minimum atomic E-state index is -0.813. The second-order valence-corrected chi connectivity index (χ2v) is 7.66. The fraction of sp³-hybridized carbons (Fsp3) is 0.579. The number of nitrogens with one attached hydrogen (secondary N) is 1. The van der Waals surface area contributed by atoms with Crippen LogP contribution in [0.3, 0.4) is 0 Å². The van der Waals surface area contributed by atoms with Gasteiger partial charge in [0.05, 0.1) is 24.3 Å². The number of carbonyl (C=O) groups excluding carboxylic acids is 2. The van der Waals surface area contributed by atoms with Crippen LogP contribution in [0, 0.1) is 5.92 Å². The number of rotatable bonds is 5. The molecule has 1 aromatic rings. The molecule has 1 aliphatic carbocycles. The summed E-state index contributed by atoms with van der Waals surface area (Å²) in [6, 6.07) is 5.07. The fourth-order valence-electron chi connectivity index (χ4n) is 3.77. The molecule has 1 saturated heterocycles. The number of methoxy groups -OCH3 is 1. The molecule has 2 N–H and O–H groups in total. The van der Waals surface area contributed by atoms with Crippen molar-refractivity contribution in [1.82, 2.24) is 5.32 Å². The lowest BCUT2D eigenvalue weighted by atomic mass is 9.85. The molecule has 2 aliphatic rings. The van der Waals surface area contributed by atoms with Crippen molar-refractivity contribution < 1.29 is 19.4 Å². The third-order valence-electron chi connectivity index (χ3n) is 5.30. The standard InChI is InChI=1S/C19H25ClN2O4/c1-26-16-6-5-14(20)10-15(16)22-11-13(9-17(22)23)18(24)21-12-19(25)7-3-2-4-8-19/h5-6,10,13,25H,2-4,7-9,11-12H2,1H3,(H,21,24)/t13-/m0/s1. The van der Waals surface area contributed by atoms with Gasteiger partial charge in [0, 0.05) is 24.5 Å². The molecule has 1 heterocycles. The van der Waals surface area contributed by atoms with Gasteiger partial charge in [-0.2, -0.15) is 0 Å². The van der Waals surface area contributed by atoms with Crippen LogP contribution in [0.1, 0.15) is 38.5 Å². The lowest BCUT2D eigenvalue weighted by molar-refractivity contribution is -0.127. The van der Waals surface area contributed by atoms with Crippen molar-refractivity contribution in [3.05, 3.63) is 23.2 Å². The Hall–Kier alpha value is -1.79. The van der Waals surface area contributed by atoms with Gasteiger partial charge in [0.15, 0.2) is 0 Å². The van der Waals surface area contributed by atoms with E-state index in [0.717, 1.165) is 19.3 Å². The minimum Gasteiger partial charge on any atom is -0.495 e. The summed E-state index contributed by atoms with van der Waals surface area (Å²) in [7, 11) is 1.53. The number of amides is 2. The van der Waals surface area contributed by atoms with Gasteiger partial charge in [-0.1, -0.05) is 30.9 Å². The average molecular weight is 381 g/mol. The molecule has 26 heavy (non-hydrogen) atoms. The Balaban J connectivity index is 1.64. The Kier molecular flexibility index (Phi) is 5.73.